The fourth-order valence-electron chi connectivity index (χ4n) is 3.30. The molecule has 0 bridgehead atoms. The molecule has 0 atom stereocenters. The van der Waals surface area contributed by atoms with Gasteiger partial charge in [0.15, 0.2) is 0 Å². The molecule has 0 aromatic heterocycles. The predicted molar refractivity (Wildman–Crippen MR) is 102 cm³/mol. The van der Waals surface area contributed by atoms with Gasteiger partial charge in [-0.3, -0.25) is 9.59 Å². The van der Waals surface area contributed by atoms with E-state index < -0.39 is 6.61 Å². The fourth-order valence-corrected chi connectivity index (χ4v) is 3.30. The Hall–Kier alpha value is -2.96. The van der Waals surface area contributed by atoms with E-state index in [0.29, 0.717) is 16.8 Å². The maximum absolute atomic E-state index is 12.9. The van der Waals surface area contributed by atoms with Crippen LogP contribution in [0.3, 0.4) is 0 Å². The van der Waals surface area contributed by atoms with Gasteiger partial charge in [-0.2, -0.15) is 8.78 Å². The molecule has 5 nitrogen and oxygen atoms in total. The minimum Gasteiger partial charge on any atom is -0.435 e. The maximum atomic E-state index is 12.9. The highest BCUT2D eigenvalue weighted by Gasteiger charge is 2.24. The number of carbonyl (C=O) groups excluding carboxylic acids is 2. The average molecular weight is 388 g/mol. The van der Waals surface area contributed by atoms with E-state index in [9.17, 15) is 18.4 Å². The second-order valence-electron chi connectivity index (χ2n) is 6.74. The molecular formula is C21H22F2N2O3. The lowest BCUT2D eigenvalue weighted by Gasteiger charge is -2.19. The van der Waals surface area contributed by atoms with Crippen LogP contribution in [0.5, 0.6) is 5.75 Å². The Morgan fingerprint density at radius 2 is 1.79 bits per heavy atom. The van der Waals surface area contributed by atoms with Crippen molar-refractivity contribution in [3.8, 4) is 5.75 Å². The Morgan fingerprint density at radius 3 is 2.43 bits per heavy atom. The SMILES string of the molecule is Cc1cccc(NC(=O)Cc2ccc(OC(F)F)cc2)c1C(=O)N1CCCC1. The number of ether oxygens (including phenoxy) is 1. The number of hydrogen-bond donors (Lipinski definition) is 1. The Kier molecular flexibility index (Phi) is 6.23. The van der Waals surface area contributed by atoms with Gasteiger partial charge in [-0.25, -0.2) is 0 Å². The van der Waals surface area contributed by atoms with Crippen LogP contribution in [-0.4, -0.2) is 36.4 Å². The van der Waals surface area contributed by atoms with Crippen LogP contribution in [0.4, 0.5) is 14.5 Å². The molecule has 1 N–H and O–H groups in total. The normalized spacial score (nSPS) is 13.6. The highest BCUT2D eigenvalue weighted by molar-refractivity contribution is 6.05. The van der Waals surface area contributed by atoms with Crippen LogP contribution >= 0.6 is 0 Å². The lowest BCUT2D eigenvalue weighted by atomic mass is 10.0. The molecule has 148 valence electrons. The summed E-state index contributed by atoms with van der Waals surface area (Å²) in [4.78, 5) is 27.1. The maximum Gasteiger partial charge on any atom is 0.387 e. The first-order valence-corrected chi connectivity index (χ1v) is 9.16. The summed E-state index contributed by atoms with van der Waals surface area (Å²) in [7, 11) is 0. The first-order valence-electron chi connectivity index (χ1n) is 9.16. The second-order valence-corrected chi connectivity index (χ2v) is 6.74. The number of hydrogen-bond acceptors (Lipinski definition) is 3. The lowest BCUT2D eigenvalue weighted by Crippen LogP contribution is -2.29. The van der Waals surface area contributed by atoms with Gasteiger partial charge in [0.1, 0.15) is 5.75 Å². The van der Waals surface area contributed by atoms with Gasteiger partial charge in [-0.05, 0) is 49.1 Å². The molecule has 0 saturated carbocycles. The molecule has 2 aromatic carbocycles. The molecule has 1 aliphatic heterocycles. The third kappa shape index (κ3) is 4.85. The third-order valence-electron chi connectivity index (χ3n) is 4.67. The van der Waals surface area contributed by atoms with E-state index >= 15 is 0 Å². The van der Waals surface area contributed by atoms with Gasteiger partial charge in [0.2, 0.25) is 5.91 Å². The highest BCUT2D eigenvalue weighted by Crippen LogP contribution is 2.24. The number of anilines is 1. The molecule has 1 aliphatic rings. The topological polar surface area (TPSA) is 58.6 Å². The van der Waals surface area contributed by atoms with E-state index in [1.165, 1.54) is 12.1 Å². The number of alkyl halides is 2. The number of nitrogens with zero attached hydrogens (tertiary/aromatic N) is 1. The van der Waals surface area contributed by atoms with Gasteiger partial charge in [0.05, 0.1) is 17.7 Å². The number of nitrogens with one attached hydrogen (secondary N) is 1. The Labute approximate surface area is 162 Å². The van der Waals surface area contributed by atoms with Crippen molar-refractivity contribution in [1.82, 2.24) is 4.90 Å². The van der Waals surface area contributed by atoms with Gasteiger partial charge in [0, 0.05) is 13.1 Å². The summed E-state index contributed by atoms with van der Waals surface area (Å²) in [5.74, 6) is -0.320. The molecule has 28 heavy (non-hydrogen) atoms. The Balaban J connectivity index is 1.70. The number of carbonyl (C=O) groups is 2. The zero-order chi connectivity index (χ0) is 20.1. The molecule has 0 spiro atoms. The minimum atomic E-state index is -2.89. The number of likely N-dealkylation sites (tertiary alicyclic amines) is 1. The van der Waals surface area contributed by atoms with Crippen LogP contribution in [0.15, 0.2) is 42.5 Å². The van der Waals surface area contributed by atoms with Crippen molar-refractivity contribution < 1.29 is 23.1 Å². The molecule has 1 fully saturated rings. The van der Waals surface area contributed by atoms with E-state index in [0.717, 1.165) is 31.5 Å². The number of amides is 2. The summed E-state index contributed by atoms with van der Waals surface area (Å²) in [6, 6.07) is 11.3. The number of halogens is 2. The van der Waals surface area contributed by atoms with Gasteiger partial charge in [-0.1, -0.05) is 24.3 Å². The van der Waals surface area contributed by atoms with Crippen molar-refractivity contribution in [1.29, 1.82) is 0 Å². The molecule has 3 rings (SSSR count). The van der Waals surface area contributed by atoms with Gasteiger partial charge in [-0.15, -0.1) is 0 Å². The number of aryl methyl sites for hydroxylation is 1. The average Bonchev–Trinajstić information content (AvgIpc) is 3.17. The third-order valence-corrected chi connectivity index (χ3v) is 4.67. The Bertz CT molecular complexity index is 847. The fraction of sp³-hybridized carbons (Fsp3) is 0.333. The van der Waals surface area contributed by atoms with Crippen molar-refractivity contribution in [3.63, 3.8) is 0 Å². The first-order chi connectivity index (χ1) is 13.4. The number of rotatable bonds is 6. The predicted octanol–water partition coefficient (Wildman–Crippen LogP) is 4.01. The summed E-state index contributed by atoms with van der Waals surface area (Å²) >= 11 is 0. The van der Waals surface area contributed by atoms with Crippen LogP contribution in [0.2, 0.25) is 0 Å². The molecule has 0 unspecified atom stereocenters. The second kappa shape index (κ2) is 8.82. The summed E-state index contributed by atoms with van der Waals surface area (Å²) in [5, 5.41) is 2.81. The largest absolute Gasteiger partial charge is 0.435 e. The zero-order valence-corrected chi connectivity index (χ0v) is 15.6. The molecule has 7 heteroatoms. The summed E-state index contributed by atoms with van der Waals surface area (Å²) in [5.41, 5.74) is 2.46. The van der Waals surface area contributed by atoms with Crippen molar-refractivity contribution in [3.05, 3.63) is 59.2 Å². The molecular weight excluding hydrogens is 366 g/mol. The van der Waals surface area contributed by atoms with Gasteiger partial charge >= 0.3 is 6.61 Å². The zero-order valence-electron chi connectivity index (χ0n) is 15.6. The molecule has 1 saturated heterocycles. The molecule has 1 heterocycles. The van der Waals surface area contributed by atoms with Crippen molar-refractivity contribution >= 4 is 17.5 Å². The van der Waals surface area contributed by atoms with E-state index in [4.69, 9.17) is 0 Å². The van der Waals surface area contributed by atoms with Crippen LogP contribution in [-0.2, 0) is 11.2 Å². The van der Waals surface area contributed by atoms with E-state index in [1.54, 1.807) is 29.2 Å². The van der Waals surface area contributed by atoms with Gasteiger partial charge in [0.25, 0.3) is 5.91 Å². The van der Waals surface area contributed by atoms with E-state index in [1.807, 2.05) is 13.0 Å². The van der Waals surface area contributed by atoms with Crippen molar-refractivity contribution in [2.45, 2.75) is 32.8 Å². The van der Waals surface area contributed by atoms with Crippen LogP contribution < -0.4 is 10.1 Å². The van der Waals surface area contributed by atoms with Crippen molar-refractivity contribution in [2.24, 2.45) is 0 Å². The molecule has 2 aromatic rings. The monoisotopic (exact) mass is 388 g/mol. The van der Waals surface area contributed by atoms with Crippen LogP contribution in [0.25, 0.3) is 0 Å². The van der Waals surface area contributed by atoms with Crippen LogP contribution in [0, 0.1) is 6.92 Å². The summed E-state index contributed by atoms with van der Waals surface area (Å²) in [6.07, 6.45) is 2.04. The standard InChI is InChI=1S/C21H22F2N2O3/c1-14-5-4-6-17(19(14)20(27)25-11-2-3-12-25)24-18(26)13-15-7-9-16(10-8-15)28-21(22)23/h4-10,21H,2-3,11-13H2,1H3,(H,24,26). The first kappa shape index (κ1) is 19.8. The minimum absolute atomic E-state index is 0.0383. The van der Waals surface area contributed by atoms with E-state index in [2.05, 4.69) is 10.1 Å². The Morgan fingerprint density at radius 1 is 1.11 bits per heavy atom. The molecule has 2 amide bonds. The smallest absolute Gasteiger partial charge is 0.387 e. The summed E-state index contributed by atoms with van der Waals surface area (Å²) in [6.45, 7) is 0.420. The summed E-state index contributed by atoms with van der Waals surface area (Å²) < 4.78 is 28.7. The number of benzene rings is 2. The molecule has 0 radical (unpaired) electrons. The van der Waals surface area contributed by atoms with Crippen LogP contribution in [0.1, 0.15) is 34.3 Å². The lowest BCUT2D eigenvalue weighted by molar-refractivity contribution is -0.115. The molecule has 0 aliphatic carbocycles. The van der Waals surface area contributed by atoms with Crippen molar-refractivity contribution in [2.75, 3.05) is 18.4 Å². The van der Waals surface area contributed by atoms with E-state index in [-0.39, 0.29) is 24.0 Å². The quantitative estimate of drug-likeness (QED) is 0.813. The highest BCUT2D eigenvalue weighted by atomic mass is 19.3. The van der Waals surface area contributed by atoms with Gasteiger partial charge < -0.3 is 15.0 Å².